The minimum absolute atomic E-state index is 0.118. The molecule has 2 aromatic rings. The van der Waals surface area contributed by atoms with Gasteiger partial charge in [-0.05, 0) is 36.8 Å². The summed E-state index contributed by atoms with van der Waals surface area (Å²) in [5.41, 5.74) is 0.0895. The Kier molecular flexibility index (Phi) is 4.40. The zero-order valence-electron chi connectivity index (χ0n) is 10.9. The van der Waals surface area contributed by atoms with Crippen molar-refractivity contribution in [3.05, 3.63) is 62.9 Å². The number of ether oxygens (including phenoxy) is 1. The van der Waals surface area contributed by atoms with Crippen molar-refractivity contribution in [3.63, 3.8) is 0 Å². The number of rotatable bonds is 4. The first-order valence-corrected chi connectivity index (χ1v) is 6.35. The van der Waals surface area contributed by atoms with Crippen LogP contribution >= 0.6 is 11.6 Å². The molecule has 7 heteroatoms. The van der Waals surface area contributed by atoms with Gasteiger partial charge in [-0.1, -0.05) is 17.7 Å². The average Bonchev–Trinajstić information content (AvgIpc) is 2.42. The summed E-state index contributed by atoms with van der Waals surface area (Å²) in [5, 5.41) is 20.5. The quantitative estimate of drug-likeness (QED) is 0.677. The van der Waals surface area contributed by atoms with Crippen molar-refractivity contribution < 1.29 is 19.2 Å². The smallest absolute Gasteiger partial charge is 0.314 e. The maximum absolute atomic E-state index is 13.1. The predicted octanol–water partition coefficient (Wildman–Crippen LogP) is 4.23. The SMILES string of the molecule is CC(O)c1ccc(Oc2ccc(F)cc2[N+](=O)[O-])c(Cl)c1. The van der Waals surface area contributed by atoms with Gasteiger partial charge in [-0.2, -0.15) is 0 Å². The van der Waals surface area contributed by atoms with E-state index in [1.54, 1.807) is 13.0 Å². The van der Waals surface area contributed by atoms with E-state index >= 15 is 0 Å². The topological polar surface area (TPSA) is 72.6 Å². The van der Waals surface area contributed by atoms with Gasteiger partial charge in [0, 0.05) is 0 Å². The summed E-state index contributed by atoms with van der Waals surface area (Å²) in [6, 6.07) is 7.55. The average molecular weight is 312 g/mol. The van der Waals surface area contributed by atoms with E-state index in [9.17, 15) is 19.6 Å². The molecule has 0 aliphatic heterocycles. The van der Waals surface area contributed by atoms with E-state index in [2.05, 4.69) is 0 Å². The highest BCUT2D eigenvalue weighted by Gasteiger charge is 2.18. The zero-order valence-corrected chi connectivity index (χ0v) is 11.7. The Morgan fingerprint density at radius 2 is 1.95 bits per heavy atom. The van der Waals surface area contributed by atoms with Crippen LogP contribution in [0.5, 0.6) is 11.5 Å². The molecule has 0 heterocycles. The van der Waals surface area contributed by atoms with E-state index in [4.69, 9.17) is 16.3 Å². The third kappa shape index (κ3) is 3.48. The van der Waals surface area contributed by atoms with E-state index in [1.807, 2.05) is 0 Å². The fourth-order valence-electron chi connectivity index (χ4n) is 1.70. The molecule has 0 aliphatic rings. The molecule has 5 nitrogen and oxygen atoms in total. The molecular formula is C14H11ClFNO4. The second-order valence-electron chi connectivity index (χ2n) is 4.34. The maximum Gasteiger partial charge on any atom is 0.314 e. The Balaban J connectivity index is 2.37. The highest BCUT2D eigenvalue weighted by atomic mass is 35.5. The van der Waals surface area contributed by atoms with Crippen LogP contribution in [0.25, 0.3) is 0 Å². The highest BCUT2D eigenvalue weighted by molar-refractivity contribution is 6.32. The Hall–Kier alpha value is -2.18. The van der Waals surface area contributed by atoms with Gasteiger partial charge in [0.25, 0.3) is 0 Å². The lowest BCUT2D eigenvalue weighted by Gasteiger charge is -2.10. The molecule has 0 fully saturated rings. The van der Waals surface area contributed by atoms with E-state index in [0.29, 0.717) is 5.56 Å². The van der Waals surface area contributed by atoms with Crippen LogP contribution in [0.3, 0.4) is 0 Å². The summed E-state index contributed by atoms with van der Waals surface area (Å²) in [7, 11) is 0. The molecule has 0 amide bonds. The summed E-state index contributed by atoms with van der Waals surface area (Å²) in [6.07, 6.45) is -0.697. The molecule has 1 N–H and O–H groups in total. The molecule has 0 aliphatic carbocycles. The number of aliphatic hydroxyl groups excluding tert-OH is 1. The summed E-state index contributed by atoms with van der Waals surface area (Å²) in [5.74, 6) is -0.673. The molecule has 0 radical (unpaired) electrons. The Bertz CT molecular complexity index is 691. The number of hydrogen-bond acceptors (Lipinski definition) is 4. The molecule has 2 rings (SSSR count). The van der Waals surface area contributed by atoms with Crippen LogP contribution < -0.4 is 4.74 Å². The van der Waals surface area contributed by atoms with Gasteiger partial charge in [-0.25, -0.2) is 4.39 Å². The summed E-state index contributed by atoms with van der Waals surface area (Å²) in [6.45, 7) is 1.58. The number of nitro benzene ring substituents is 1. The minimum Gasteiger partial charge on any atom is -0.449 e. The van der Waals surface area contributed by atoms with Crippen molar-refractivity contribution in [3.8, 4) is 11.5 Å². The van der Waals surface area contributed by atoms with Gasteiger partial charge in [-0.3, -0.25) is 10.1 Å². The molecular weight excluding hydrogens is 301 g/mol. The van der Waals surface area contributed by atoms with Crippen molar-refractivity contribution in [2.45, 2.75) is 13.0 Å². The fraction of sp³-hybridized carbons (Fsp3) is 0.143. The first-order chi connectivity index (χ1) is 9.88. The lowest BCUT2D eigenvalue weighted by Crippen LogP contribution is -1.96. The third-order valence-corrected chi connectivity index (χ3v) is 3.07. The number of halogens is 2. The number of nitrogens with zero attached hydrogens (tertiary/aromatic N) is 1. The van der Waals surface area contributed by atoms with Crippen LogP contribution in [0, 0.1) is 15.9 Å². The first-order valence-electron chi connectivity index (χ1n) is 5.98. The molecule has 21 heavy (non-hydrogen) atoms. The van der Waals surface area contributed by atoms with Crippen LogP contribution in [-0.4, -0.2) is 10.0 Å². The summed E-state index contributed by atoms with van der Waals surface area (Å²) in [4.78, 5) is 10.1. The van der Waals surface area contributed by atoms with Gasteiger partial charge in [0.2, 0.25) is 5.75 Å². The molecule has 0 aromatic heterocycles. The molecule has 1 atom stereocenters. The van der Waals surface area contributed by atoms with Gasteiger partial charge < -0.3 is 9.84 Å². The van der Waals surface area contributed by atoms with Crippen LogP contribution in [-0.2, 0) is 0 Å². The van der Waals surface area contributed by atoms with Crippen LogP contribution in [0.2, 0.25) is 5.02 Å². The van der Waals surface area contributed by atoms with Crippen molar-refractivity contribution in [1.82, 2.24) is 0 Å². The van der Waals surface area contributed by atoms with Gasteiger partial charge >= 0.3 is 5.69 Å². The Morgan fingerprint density at radius 3 is 2.52 bits per heavy atom. The third-order valence-electron chi connectivity index (χ3n) is 2.78. The lowest BCUT2D eigenvalue weighted by atomic mass is 10.1. The Labute approximate surface area is 124 Å². The monoisotopic (exact) mass is 311 g/mol. The van der Waals surface area contributed by atoms with Crippen LogP contribution in [0.4, 0.5) is 10.1 Å². The normalized spacial score (nSPS) is 12.0. The summed E-state index contributed by atoms with van der Waals surface area (Å²) >= 11 is 6.01. The van der Waals surface area contributed by atoms with Gasteiger partial charge in [0.1, 0.15) is 11.6 Å². The minimum atomic E-state index is -0.740. The summed E-state index contributed by atoms with van der Waals surface area (Å²) < 4.78 is 18.4. The molecule has 110 valence electrons. The van der Waals surface area contributed by atoms with Gasteiger partial charge in [0.05, 0.1) is 22.1 Å². The highest BCUT2D eigenvalue weighted by Crippen LogP contribution is 2.36. The van der Waals surface area contributed by atoms with E-state index in [1.165, 1.54) is 12.1 Å². The standard InChI is InChI=1S/C14H11ClFNO4/c1-8(18)9-2-4-13(11(15)6-9)21-14-5-3-10(16)7-12(14)17(19)20/h2-8,18H,1H3. The molecule has 0 spiro atoms. The van der Waals surface area contributed by atoms with E-state index in [-0.39, 0.29) is 16.5 Å². The van der Waals surface area contributed by atoms with Crippen molar-refractivity contribution in [2.24, 2.45) is 0 Å². The largest absolute Gasteiger partial charge is 0.449 e. The Morgan fingerprint density at radius 1 is 1.29 bits per heavy atom. The maximum atomic E-state index is 13.1. The van der Waals surface area contributed by atoms with Gasteiger partial charge in [-0.15, -0.1) is 0 Å². The van der Waals surface area contributed by atoms with Crippen LogP contribution in [0.1, 0.15) is 18.6 Å². The van der Waals surface area contributed by atoms with E-state index in [0.717, 1.165) is 18.2 Å². The molecule has 0 bridgehead atoms. The van der Waals surface area contributed by atoms with E-state index < -0.39 is 22.5 Å². The number of nitro groups is 1. The number of benzene rings is 2. The lowest BCUT2D eigenvalue weighted by molar-refractivity contribution is -0.385. The first kappa shape index (κ1) is 15.2. The van der Waals surface area contributed by atoms with Crippen LogP contribution in [0.15, 0.2) is 36.4 Å². The molecule has 0 saturated carbocycles. The van der Waals surface area contributed by atoms with Crippen molar-refractivity contribution >= 4 is 17.3 Å². The molecule has 1 unspecified atom stereocenters. The van der Waals surface area contributed by atoms with Crippen molar-refractivity contribution in [1.29, 1.82) is 0 Å². The van der Waals surface area contributed by atoms with Gasteiger partial charge in [0.15, 0.2) is 0 Å². The molecule has 2 aromatic carbocycles. The molecule has 0 saturated heterocycles. The second-order valence-corrected chi connectivity index (χ2v) is 4.74. The zero-order chi connectivity index (χ0) is 15.6. The van der Waals surface area contributed by atoms with Crippen molar-refractivity contribution in [2.75, 3.05) is 0 Å². The number of hydrogen-bond donors (Lipinski definition) is 1. The predicted molar refractivity (Wildman–Crippen MR) is 75.2 cm³/mol. The second kappa shape index (κ2) is 6.07. The number of aliphatic hydroxyl groups is 1. The fourth-order valence-corrected chi connectivity index (χ4v) is 1.93.